The largest absolute Gasteiger partial charge is 0.481 e. The summed E-state index contributed by atoms with van der Waals surface area (Å²) in [5, 5.41) is 0.756. The van der Waals surface area contributed by atoms with Crippen LogP contribution in [0.5, 0.6) is 0 Å². The van der Waals surface area contributed by atoms with Crippen LogP contribution in [0, 0.1) is 0 Å². The number of hydrogen-bond acceptors (Lipinski definition) is 2. The van der Waals surface area contributed by atoms with Crippen molar-refractivity contribution < 1.29 is 9.22 Å². The Kier molecular flexibility index (Phi) is 5.42. The number of thiocarbonyl (C=S) groups is 1. The molecule has 0 bridgehead atoms. The highest BCUT2D eigenvalue weighted by Gasteiger charge is 2.06. The molecule has 0 heterocycles. The van der Waals surface area contributed by atoms with Crippen LogP contribution in [0.1, 0.15) is 19.8 Å². The molecule has 0 radical (unpaired) electrons. The van der Waals surface area contributed by atoms with Gasteiger partial charge in [0.2, 0.25) is 0 Å². The van der Waals surface area contributed by atoms with Gasteiger partial charge in [0.15, 0.2) is 5.05 Å². The summed E-state index contributed by atoms with van der Waals surface area (Å²) in [4.78, 5) is 0. The maximum atomic E-state index is 5.37. The van der Waals surface area contributed by atoms with Gasteiger partial charge in [0.05, 0.1) is 21.1 Å². The second-order valence-corrected chi connectivity index (χ2v) is 4.44. The van der Waals surface area contributed by atoms with Crippen LogP contribution >= 0.6 is 12.2 Å². The van der Waals surface area contributed by atoms with Crippen LogP contribution in [0.2, 0.25) is 0 Å². The topological polar surface area (TPSA) is 9.23 Å². The molecular weight excluding hydrogens is 170 g/mol. The Balaban J connectivity index is 3.37. The van der Waals surface area contributed by atoms with E-state index in [1.54, 1.807) is 0 Å². The van der Waals surface area contributed by atoms with Crippen LogP contribution in [0.4, 0.5) is 0 Å². The summed E-state index contributed by atoms with van der Waals surface area (Å²) in [5.74, 6) is 0. The van der Waals surface area contributed by atoms with Gasteiger partial charge in [-0.15, -0.1) is 0 Å². The molecule has 0 aromatic carbocycles. The highest BCUT2D eigenvalue weighted by Crippen LogP contribution is 1.96. The molecule has 2 nitrogen and oxygen atoms in total. The predicted molar refractivity (Wildman–Crippen MR) is 56.4 cm³/mol. The van der Waals surface area contributed by atoms with Crippen molar-refractivity contribution in [1.29, 1.82) is 0 Å². The predicted octanol–water partition coefficient (Wildman–Crippen LogP) is 1.84. The second kappa shape index (κ2) is 5.49. The first-order chi connectivity index (χ1) is 5.45. The van der Waals surface area contributed by atoms with Crippen molar-refractivity contribution >= 4 is 17.3 Å². The molecular formula is C9H20NOS+. The van der Waals surface area contributed by atoms with Crippen molar-refractivity contribution in [2.45, 2.75) is 19.8 Å². The van der Waals surface area contributed by atoms with E-state index < -0.39 is 0 Å². The smallest absolute Gasteiger partial charge is 0.159 e. The fourth-order valence-corrected chi connectivity index (χ4v) is 0.997. The Morgan fingerprint density at radius 2 is 1.92 bits per heavy atom. The van der Waals surface area contributed by atoms with E-state index in [4.69, 9.17) is 17.0 Å². The lowest BCUT2D eigenvalue weighted by Crippen LogP contribution is -2.37. The van der Waals surface area contributed by atoms with Crippen molar-refractivity contribution in [3.8, 4) is 0 Å². The van der Waals surface area contributed by atoms with E-state index in [0.717, 1.165) is 35.5 Å². The van der Waals surface area contributed by atoms with Gasteiger partial charge in [-0.25, -0.2) is 0 Å². The Morgan fingerprint density at radius 3 is 2.33 bits per heavy atom. The van der Waals surface area contributed by atoms with Gasteiger partial charge >= 0.3 is 0 Å². The minimum atomic E-state index is 0.738. The molecule has 0 saturated heterocycles. The zero-order chi connectivity index (χ0) is 9.61. The molecule has 0 atom stereocenters. The molecule has 0 rings (SSSR count). The standard InChI is InChI=1S/C9H20NOS/c1-5-6-9(12)11-8-7-10(2,3)4/h5-8H2,1-4H3/q+1. The van der Waals surface area contributed by atoms with Gasteiger partial charge in [-0.05, 0) is 18.6 Å². The molecule has 0 fully saturated rings. The first-order valence-corrected chi connectivity index (χ1v) is 4.82. The highest BCUT2D eigenvalue weighted by molar-refractivity contribution is 7.80. The number of rotatable bonds is 5. The zero-order valence-corrected chi connectivity index (χ0v) is 9.41. The lowest BCUT2D eigenvalue weighted by atomic mass is 10.4. The van der Waals surface area contributed by atoms with Gasteiger partial charge in [-0.1, -0.05) is 6.92 Å². The van der Waals surface area contributed by atoms with E-state index in [1.807, 2.05) is 0 Å². The summed E-state index contributed by atoms with van der Waals surface area (Å²) in [6.07, 6.45) is 1.98. The lowest BCUT2D eigenvalue weighted by molar-refractivity contribution is -0.870. The number of hydrogen-bond donors (Lipinski definition) is 0. The number of likely N-dealkylation sites (N-methyl/N-ethyl adjacent to an activating group) is 1. The second-order valence-electron chi connectivity index (χ2n) is 3.98. The summed E-state index contributed by atoms with van der Waals surface area (Å²) in [6, 6.07) is 0. The summed E-state index contributed by atoms with van der Waals surface area (Å²) in [7, 11) is 6.44. The third-order valence-corrected chi connectivity index (χ3v) is 1.80. The molecule has 0 aromatic rings. The van der Waals surface area contributed by atoms with Gasteiger partial charge in [0, 0.05) is 6.42 Å². The molecule has 0 saturated carbocycles. The van der Waals surface area contributed by atoms with E-state index in [0.29, 0.717) is 0 Å². The summed E-state index contributed by atoms with van der Waals surface area (Å²) < 4.78 is 6.30. The van der Waals surface area contributed by atoms with Crippen LogP contribution in [-0.2, 0) is 4.74 Å². The quantitative estimate of drug-likeness (QED) is 0.483. The van der Waals surface area contributed by atoms with E-state index in [1.165, 1.54) is 0 Å². The van der Waals surface area contributed by atoms with E-state index in [9.17, 15) is 0 Å². The van der Waals surface area contributed by atoms with Gasteiger partial charge in [0.1, 0.15) is 13.2 Å². The molecule has 0 amide bonds. The van der Waals surface area contributed by atoms with Crippen LogP contribution in [0.15, 0.2) is 0 Å². The molecule has 0 aliphatic heterocycles. The average Bonchev–Trinajstić information content (AvgIpc) is 1.84. The number of ether oxygens (including phenoxy) is 1. The average molecular weight is 190 g/mol. The summed E-state index contributed by atoms with van der Waals surface area (Å²) in [5.41, 5.74) is 0. The third-order valence-electron chi connectivity index (χ3n) is 1.48. The number of nitrogens with zero attached hydrogens (tertiary/aromatic N) is 1. The van der Waals surface area contributed by atoms with E-state index in [-0.39, 0.29) is 0 Å². The zero-order valence-electron chi connectivity index (χ0n) is 8.59. The van der Waals surface area contributed by atoms with Crippen LogP contribution < -0.4 is 0 Å². The Hall–Kier alpha value is -0.150. The fourth-order valence-electron chi connectivity index (χ4n) is 0.710. The van der Waals surface area contributed by atoms with Gasteiger partial charge in [0.25, 0.3) is 0 Å². The minimum absolute atomic E-state index is 0.738. The van der Waals surface area contributed by atoms with Crippen LogP contribution in [-0.4, -0.2) is 43.8 Å². The minimum Gasteiger partial charge on any atom is -0.481 e. The SMILES string of the molecule is CCCC(=S)OCC[N+](C)(C)C. The molecule has 3 heteroatoms. The lowest BCUT2D eigenvalue weighted by Gasteiger charge is -2.23. The molecule has 12 heavy (non-hydrogen) atoms. The molecule has 0 N–H and O–H groups in total. The Morgan fingerprint density at radius 1 is 1.33 bits per heavy atom. The molecule has 0 unspecified atom stereocenters. The maximum Gasteiger partial charge on any atom is 0.159 e. The first kappa shape index (κ1) is 11.8. The van der Waals surface area contributed by atoms with E-state index in [2.05, 4.69) is 28.1 Å². The third kappa shape index (κ3) is 7.95. The molecule has 72 valence electrons. The van der Waals surface area contributed by atoms with Crippen molar-refractivity contribution in [2.75, 3.05) is 34.3 Å². The Bertz CT molecular complexity index is 140. The summed E-state index contributed by atoms with van der Waals surface area (Å²) in [6.45, 7) is 3.85. The van der Waals surface area contributed by atoms with Gasteiger partial charge < -0.3 is 9.22 Å². The Labute approximate surface area is 81.1 Å². The van der Waals surface area contributed by atoms with Crippen molar-refractivity contribution in [3.63, 3.8) is 0 Å². The van der Waals surface area contributed by atoms with Crippen LogP contribution in [0.3, 0.4) is 0 Å². The van der Waals surface area contributed by atoms with Crippen LogP contribution in [0.25, 0.3) is 0 Å². The number of quaternary nitrogens is 1. The fraction of sp³-hybridized carbons (Fsp3) is 0.889. The normalized spacial score (nSPS) is 11.3. The van der Waals surface area contributed by atoms with E-state index >= 15 is 0 Å². The molecule has 0 aliphatic rings. The van der Waals surface area contributed by atoms with Crippen molar-refractivity contribution in [3.05, 3.63) is 0 Å². The first-order valence-electron chi connectivity index (χ1n) is 4.42. The molecule has 0 aromatic heterocycles. The van der Waals surface area contributed by atoms with Crippen molar-refractivity contribution in [1.82, 2.24) is 0 Å². The molecule has 0 spiro atoms. The molecule has 0 aliphatic carbocycles. The van der Waals surface area contributed by atoms with Gasteiger partial charge in [-0.3, -0.25) is 0 Å². The maximum absolute atomic E-state index is 5.37. The highest BCUT2D eigenvalue weighted by atomic mass is 32.1. The van der Waals surface area contributed by atoms with Crippen molar-refractivity contribution in [2.24, 2.45) is 0 Å². The summed E-state index contributed by atoms with van der Waals surface area (Å²) >= 11 is 5.01. The monoisotopic (exact) mass is 190 g/mol. The van der Waals surface area contributed by atoms with Gasteiger partial charge in [-0.2, -0.15) is 0 Å².